The van der Waals surface area contributed by atoms with Gasteiger partial charge in [0.25, 0.3) is 5.91 Å². The lowest BCUT2D eigenvalue weighted by molar-refractivity contribution is 0.102. The van der Waals surface area contributed by atoms with Crippen LogP contribution in [0.25, 0.3) is 0 Å². The van der Waals surface area contributed by atoms with Crippen LogP contribution in [-0.2, 0) is 0 Å². The molecule has 0 atom stereocenters. The highest BCUT2D eigenvalue weighted by Crippen LogP contribution is 2.27. The second kappa shape index (κ2) is 7.89. The number of nitrogens with zero attached hydrogens (tertiary/aromatic N) is 1. The van der Waals surface area contributed by atoms with Crippen LogP contribution in [0.3, 0.4) is 0 Å². The second-order valence-corrected chi connectivity index (χ2v) is 6.13. The molecular weight excluding hydrogens is 350 g/mol. The molecule has 0 aliphatic rings. The second-order valence-electron chi connectivity index (χ2n) is 5.72. The highest BCUT2D eigenvalue weighted by atomic mass is 35.5. The number of benzene rings is 2. The Morgan fingerprint density at radius 1 is 1.00 bits per heavy atom. The number of halogens is 1. The van der Waals surface area contributed by atoms with Crippen LogP contribution in [0.4, 0.5) is 17.1 Å². The zero-order valence-electron chi connectivity index (χ0n) is 14.4. The lowest BCUT2D eigenvalue weighted by atomic mass is 10.2. The molecule has 6 heteroatoms. The van der Waals surface area contributed by atoms with Gasteiger partial charge in [-0.15, -0.1) is 0 Å². The monoisotopic (exact) mass is 367 g/mol. The maximum atomic E-state index is 12.5. The molecule has 2 aromatic carbocycles. The third kappa shape index (κ3) is 4.32. The molecule has 26 heavy (non-hydrogen) atoms. The number of hydrogen-bond donors (Lipinski definition) is 2. The number of ether oxygens (including phenoxy) is 1. The Balaban J connectivity index is 1.73. The number of nitrogens with one attached hydrogen (secondary N) is 2. The predicted octanol–water partition coefficient (Wildman–Crippen LogP) is 5.05. The number of methoxy groups -OCH3 is 1. The zero-order chi connectivity index (χ0) is 18.5. The maximum Gasteiger partial charge on any atom is 0.274 e. The minimum absolute atomic E-state index is 0.300. The molecule has 132 valence electrons. The van der Waals surface area contributed by atoms with E-state index in [1.807, 2.05) is 31.2 Å². The van der Waals surface area contributed by atoms with E-state index < -0.39 is 0 Å². The van der Waals surface area contributed by atoms with Gasteiger partial charge in [0, 0.05) is 23.3 Å². The molecule has 2 N–H and O–H groups in total. The first kappa shape index (κ1) is 17.8. The molecule has 0 radical (unpaired) electrons. The summed E-state index contributed by atoms with van der Waals surface area (Å²) in [5.41, 5.74) is 3.77. The Hall–Kier alpha value is -3.05. The third-order valence-corrected chi connectivity index (χ3v) is 4.04. The Morgan fingerprint density at radius 3 is 2.42 bits per heavy atom. The molecule has 0 bridgehead atoms. The van der Waals surface area contributed by atoms with E-state index >= 15 is 0 Å². The minimum atomic E-state index is -0.321. The predicted molar refractivity (Wildman–Crippen MR) is 105 cm³/mol. The number of pyridine rings is 1. The molecule has 3 rings (SSSR count). The molecule has 5 nitrogen and oxygen atoms in total. The van der Waals surface area contributed by atoms with Crippen LogP contribution in [-0.4, -0.2) is 18.0 Å². The van der Waals surface area contributed by atoms with Gasteiger partial charge in [0.05, 0.1) is 12.1 Å². The van der Waals surface area contributed by atoms with Crippen molar-refractivity contribution in [2.75, 3.05) is 17.7 Å². The number of rotatable bonds is 5. The first-order valence-electron chi connectivity index (χ1n) is 8.00. The molecule has 0 saturated heterocycles. The lowest BCUT2D eigenvalue weighted by Crippen LogP contribution is -2.13. The van der Waals surface area contributed by atoms with Crippen molar-refractivity contribution in [1.82, 2.24) is 4.98 Å². The smallest absolute Gasteiger partial charge is 0.274 e. The number of amides is 1. The summed E-state index contributed by atoms with van der Waals surface area (Å²) in [6.45, 7) is 2.03. The fourth-order valence-electron chi connectivity index (χ4n) is 2.38. The van der Waals surface area contributed by atoms with E-state index in [1.165, 1.54) is 12.7 Å². The van der Waals surface area contributed by atoms with Crippen molar-refractivity contribution in [2.24, 2.45) is 0 Å². The van der Waals surface area contributed by atoms with Gasteiger partial charge < -0.3 is 15.4 Å². The van der Waals surface area contributed by atoms with E-state index in [2.05, 4.69) is 15.6 Å². The highest BCUT2D eigenvalue weighted by molar-refractivity contribution is 6.32. The van der Waals surface area contributed by atoms with Gasteiger partial charge >= 0.3 is 0 Å². The SMILES string of the molecule is COc1ccc(NC(=O)c2cc(Nc3ccc(C)cc3)ccn2)cc1Cl. The molecule has 3 aromatic rings. The van der Waals surface area contributed by atoms with E-state index in [1.54, 1.807) is 36.5 Å². The molecule has 0 aliphatic heterocycles. The summed E-state index contributed by atoms with van der Waals surface area (Å²) in [7, 11) is 1.54. The molecule has 1 amide bonds. The van der Waals surface area contributed by atoms with Crippen molar-refractivity contribution >= 4 is 34.6 Å². The Kier molecular flexibility index (Phi) is 5.39. The topological polar surface area (TPSA) is 63.2 Å². The molecule has 1 aromatic heterocycles. The van der Waals surface area contributed by atoms with Crippen LogP contribution in [0.1, 0.15) is 16.1 Å². The van der Waals surface area contributed by atoms with Crippen molar-refractivity contribution < 1.29 is 9.53 Å². The summed E-state index contributed by atoms with van der Waals surface area (Å²) >= 11 is 6.08. The highest BCUT2D eigenvalue weighted by Gasteiger charge is 2.10. The van der Waals surface area contributed by atoms with Crippen molar-refractivity contribution in [1.29, 1.82) is 0 Å². The van der Waals surface area contributed by atoms with Crippen LogP contribution >= 0.6 is 11.6 Å². The Morgan fingerprint density at radius 2 is 1.73 bits per heavy atom. The van der Waals surface area contributed by atoms with Gasteiger partial charge in [0.15, 0.2) is 0 Å². The van der Waals surface area contributed by atoms with E-state index in [-0.39, 0.29) is 5.91 Å². The number of hydrogen-bond acceptors (Lipinski definition) is 4. The third-order valence-electron chi connectivity index (χ3n) is 3.74. The van der Waals surface area contributed by atoms with Crippen molar-refractivity contribution in [3.05, 3.63) is 77.1 Å². The van der Waals surface area contributed by atoms with Crippen LogP contribution in [0.2, 0.25) is 5.02 Å². The molecule has 0 aliphatic carbocycles. The van der Waals surface area contributed by atoms with Gasteiger partial charge in [0.2, 0.25) is 0 Å². The number of aromatic nitrogens is 1. The van der Waals surface area contributed by atoms with E-state index in [0.717, 1.165) is 11.4 Å². The molecule has 1 heterocycles. The standard InChI is InChI=1S/C20H18ClN3O2/c1-13-3-5-14(6-4-13)23-16-9-10-22-18(12-16)20(25)24-15-7-8-19(26-2)17(21)11-15/h3-12H,1-2H3,(H,22,23)(H,24,25). The maximum absolute atomic E-state index is 12.5. The van der Waals surface area contributed by atoms with Crippen LogP contribution in [0.5, 0.6) is 5.75 Å². The number of carbonyl (C=O) groups is 1. The number of anilines is 3. The molecule has 0 fully saturated rings. The van der Waals surface area contributed by atoms with Gasteiger partial charge in [-0.3, -0.25) is 9.78 Å². The zero-order valence-corrected chi connectivity index (χ0v) is 15.2. The summed E-state index contributed by atoms with van der Waals surface area (Å²) in [4.78, 5) is 16.6. The fraction of sp³-hybridized carbons (Fsp3) is 0.100. The lowest BCUT2D eigenvalue weighted by Gasteiger charge is -2.10. The average Bonchev–Trinajstić information content (AvgIpc) is 2.64. The largest absolute Gasteiger partial charge is 0.495 e. The van der Waals surface area contributed by atoms with Crippen LogP contribution in [0.15, 0.2) is 60.8 Å². The average molecular weight is 368 g/mol. The normalized spacial score (nSPS) is 10.3. The minimum Gasteiger partial charge on any atom is -0.495 e. The summed E-state index contributed by atoms with van der Waals surface area (Å²) in [5.74, 6) is 0.228. The quantitative estimate of drug-likeness (QED) is 0.662. The van der Waals surface area contributed by atoms with Crippen LogP contribution < -0.4 is 15.4 Å². The summed E-state index contributed by atoms with van der Waals surface area (Å²) < 4.78 is 5.10. The number of carbonyl (C=O) groups excluding carboxylic acids is 1. The van der Waals surface area contributed by atoms with Gasteiger partial charge in [-0.2, -0.15) is 0 Å². The molecule has 0 spiro atoms. The van der Waals surface area contributed by atoms with E-state index in [4.69, 9.17) is 16.3 Å². The Bertz CT molecular complexity index is 927. The Labute approximate surface area is 157 Å². The van der Waals surface area contributed by atoms with Crippen molar-refractivity contribution in [2.45, 2.75) is 6.92 Å². The first-order valence-corrected chi connectivity index (χ1v) is 8.37. The fourth-order valence-corrected chi connectivity index (χ4v) is 2.63. The van der Waals surface area contributed by atoms with Crippen molar-refractivity contribution in [3.8, 4) is 5.75 Å². The van der Waals surface area contributed by atoms with Gasteiger partial charge in [0.1, 0.15) is 11.4 Å². The first-order chi connectivity index (χ1) is 12.5. The van der Waals surface area contributed by atoms with Gasteiger partial charge in [-0.25, -0.2) is 0 Å². The number of aryl methyl sites for hydroxylation is 1. The van der Waals surface area contributed by atoms with Gasteiger partial charge in [-0.05, 0) is 49.4 Å². The van der Waals surface area contributed by atoms with E-state index in [9.17, 15) is 4.79 Å². The molecule has 0 saturated carbocycles. The van der Waals surface area contributed by atoms with Crippen LogP contribution in [0, 0.1) is 6.92 Å². The summed E-state index contributed by atoms with van der Waals surface area (Å²) in [6, 6.07) is 16.5. The van der Waals surface area contributed by atoms with E-state index in [0.29, 0.717) is 22.2 Å². The molecule has 0 unspecified atom stereocenters. The van der Waals surface area contributed by atoms with Crippen molar-refractivity contribution in [3.63, 3.8) is 0 Å². The summed E-state index contributed by atoms with van der Waals surface area (Å²) in [6.07, 6.45) is 1.59. The summed E-state index contributed by atoms with van der Waals surface area (Å²) in [5, 5.41) is 6.46. The van der Waals surface area contributed by atoms with Gasteiger partial charge in [-0.1, -0.05) is 29.3 Å². The molecular formula is C20H18ClN3O2.